The summed E-state index contributed by atoms with van der Waals surface area (Å²) in [7, 11) is 0. The van der Waals surface area contributed by atoms with E-state index in [1.54, 1.807) is 11.1 Å². The van der Waals surface area contributed by atoms with E-state index >= 15 is 0 Å². The number of nitrogens with zero attached hydrogens (tertiary/aromatic N) is 1. The Morgan fingerprint density at radius 1 is 0.500 bits per heavy atom. The van der Waals surface area contributed by atoms with Crippen LogP contribution >= 0.6 is 0 Å². The summed E-state index contributed by atoms with van der Waals surface area (Å²) in [6.45, 7) is 4.63. The minimum Gasteiger partial charge on any atom is -0.310 e. The first-order chi connectivity index (χ1) is 18.8. The maximum atomic E-state index is 2.50. The summed E-state index contributed by atoms with van der Waals surface area (Å²) in [5.74, 6) is 0. The van der Waals surface area contributed by atoms with E-state index in [0.29, 0.717) is 0 Å². The molecule has 1 heteroatoms. The fraction of sp³-hybridized carbons (Fsp3) is 0.351. The van der Waals surface area contributed by atoms with Crippen LogP contribution in [0.1, 0.15) is 89.2 Å². The first-order valence-electron chi connectivity index (χ1n) is 14.9. The van der Waals surface area contributed by atoms with Crippen LogP contribution in [0.15, 0.2) is 103 Å². The zero-order valence-corrected chi connectivity index (χ0v) is 23.3. The fourth-order valence-corrected chi connectivity index (χ4v) is 6.66. The summed E-state index contributed by atoms with van der Waals surface area (Å²) in [6, 6.07) is 38.2. The van der Waals surface area contributed by atoms with Gasteiger partial charge in [0.05, 0.1) is 5.69 Å². The van der Waals surface area contributed by atoms with Crippen molar-refractivity contribution < 1.29 is 0 Å². The summed E-state index contributed by atoms with van der Waals surface area (Å²) in [5, 5.41) is 0. The number of anilines is 3. The van der Waals surface area contributed by atoms with E-state index in [1.807, 2.05) is 0 Å². The van der Waals surface area contributed by atoms with Gasteiger partial charge in [0.15, 0.2) is 0 Å². The van der Waals surface area contributed by atoms with Crippen molar-refractivity contribution in [2.24, 2.45) is 0 Å². The fourth-order valence-electron chi connectivity index (χ4n) is 6.66. The zero-order chi connectivity index (χ0) is 26.2. The molecule has 0 fully saturated rings. The second kappa shape index (κ2) is 12.5. The van der Waals surface area contributed by atoms with E-state index in [2.05, 4.69) is 122 Å². The standard InChI is InChI=1S/C37H43N/c1-3-5-7-17-28-37(29-18-8-6-4-2)34-26-16-15-24-32(34)33-25-19-27-35(36(33)37)38(30-20-11-9-12-21-30)31-22-13-10-14-23-31/h9-16,19-27H,3-8,17-18,28-29H2,1-2H3. The molecule has 0 saturated carbocycles. The molecule has 1 aliphatic rings. The monoisotopic (exact) mass is 501 g/mol. The Hall–Kier alpha value is -3.32. The minimum absolute atomic E-state index is 0.0474. The molecule has 1 nitrogen and oxygen atoms in total. The van der Waals surface area contributed by atoms with Gasteiger partial charge in [-0.25, -0.2) is 0 Å². The van der Waals surface area contributed by atoms with Gasteiger partial charge in [0.2, 0.25) is 0 Å². The van der Waals surface area contributed by atoms with E-state index in [9.17, 15) is 0 Å². The highest BCUT2D eigenvalue weighted by atomic mass is 15.1. The van der Waals surface area contributed by atoms with Crippen LogP contribution in [0.5, 0.6) is 0 Å². The lowest BCUT2D eigenvalue weighted by Crippen LogP contribution is -2.28. The summed E-state index contributed by atoms with van der Waals surface area (Å²) in [4.78, 5) is 2.50. The van der Waals surface area contributed by atoms with Gasteiger partial charge in [-0.2, -0.15) is 0 Å². The van der Waals surface area contributed by atoms with Crippen molar-refractivity contribution >= 4 is 17.1 Å². The molecule has 4 aromatic rings. The number of fused-ring (bicyclic) bond motifs is 3. The number of para-hydroxylation sites is 2. The first kappa shape index (κ1) is 26.3. The largest absolute Gasteiger partial charge is 0.310 e. The number of hydrogen-bond donors (Lipinski definition) is 0. The number of hydrogen-bond acceptors (Lipinski definition) is 1. The van der Waals surface area contributed by atoms with Gasteiger partial charge < -0.3 is 4.90 Å². The summed E-state index contributed by atoms with van der Waals surface area (Å²) in [5.41, 5.74) is 9.78. The molecule has 0 saturated heterocycles. The molecule has 38 heavy (non-hydrogen) atoms. The topological polar surface area (TPSA) is 3.24 Å². The average Bonchev–Trinajstić information content (AvgIpc) is 3.25. The Kier molecular flexibility index (Phi) is 8.64. The molecule has 1 aliphatic carbocycles. The second-order valence-electron chi connectivity index (χ2n) is 11.0. The number of benzene rings is 4. The number of unbranched alkanes of at least 4 members (excludes halogenated alkanes) is 6. The second-order valence-corrected chi connectivity index (χ2v) is 11.0. The van der Waals surface area contributed by atoms with Crippen LogP contribution in [0.2, 0.25) is 0 Å². The molecule has 0 aliphatic heterocycles. The summed E-state index contributed by atoms with van der Waals surface area (Å²) in [6.07, 6.45) is 12.8. The maximum Gasteiger partial charge on any atom is 0.0508 e. The van der Waals surface area contributed by atoms with Crippen molar-refractivity contribution in [3.63, 3.8) is 0 Å². The van der Waals surface area contributed by atoms with Crippen molar-refractivity contribution in [1.82, 2.24) is 0 Å². The highest BCUT2D eigenvalue weighted by Gasteiger charge is 2.44. The Morgan fingerprint density at radius 2 is 1.03 bits per heavy atom. The van der Waals surface area contributed by atoms with E-state index in [0.717, 1.165) is 0 Å². The van der Waals surface area contributed by atoms with Gasteiger partial charge in [0.25, 0.3) is 0 Å². The normalized spacial score (nSPS) is 13.2. The van der Waals surface area contributed by atoms with E-state index < -0.39 is 0 Å². The SMILES string of the molecule is CCCCCCC1(CCCCCC)c2ccccc2-c2cccc(N(c3ccccc3)c3ccccc3)c21. The van der Waals surface area contributed by atoms with Gasteiger partial charge in [0.1, 0.15) is 0 Å². The Labute approximate surface area is 230 Å². The molecule has 0 amide bonds. The van der Waals surface area contributed by atoms with E-state index in [4.69, 9.17) is 0 Å². The predicted octanol–water partition coefficient (Wildman–Crippen LogP) is 11.4. The molecule has 5 rings (SSSR count). The third-order valence-electron chi connectivity index (χ3n) is 8.44. The van der Waals surface area contributed by atoms with E-state index in [1.165, 1.54) is 92.4 Å². The molecule has 196 valence electrons. The van der Waals surface area contributed by atoms with Gasteiger partial charge in [-0.05, 0) is 65.4 Å². The van der Waals surface area contributed by atoms with Gasteiger partial charge >= 0.3 is 0 Å². The van der Waals surface area contributed by atoms with Crippen molar-refractivity contribution in [2.75, 3.05) is 4.90 Å². The van der Waals surface area contributed by atoms with Crippen molar-refractivity contribution in [3.8, 4) is 11.1 Å². The molecule has 0 N–H and O–H groups in total. The smallest absolute Gasteiger partial charge is 0.0508 e. The molecule has 0 unspecified atom stereocenters. The minimum atomic E-state index is 0.0474. The van der Waals surface area contributed by atoms with Crippen LogP contribution in [0.3, 0.4) is 0 Å². The van der Waals surface area contributed by atoms with E-state index in [-0.39, 0.29) is 5.41 Å². The van der Waals surface area contributed by atoms with Crippen LogP contribution in [0.25, 0.3) is 11.1 Å². The van der Waals surface area contributed by atoms with Crippen LogP contribution in [0.4, 0.5) is 17.1 Å². The van der Waals surface area contributed by atoms with Crippen LogP contribution < -0.4 is 4.90 Å². The summed E-state index contributed by atoms with van der Waals surface area (Å²) < 4.78 is 0. The van der Waals surface area contributed by atoms with Crippen LogP contribution in [0, 0.1) is 0 Å². The molecule has 0 atom stereocenters. The Balaban J connectivity index is 1.71. The zero-order valence-electron chi connectivity index (χ0n) is 23.3. The Morgan fingerprint density at radius 3 is 1.61 bits per heavy atom. The highest BCUT2D eigenvalue weighted by Crippen LogP contribution is 2.58. The molecular formula is C37H43N. The third-order valence-corrected chi connectivity index (χ3v) is 8.44. The van der Waals surface area contributed by atoms with Crippen LogP contribution in [-0.4, -0.2) is 0 Å². The lowest BCUT2D eigenvalue weighted by atomic mass is 9.70. The average molecular weight is 502 g/mol. The molecule has 4 aromatic carbocycles. The van der Waals surface area contributed by atoms with Crippen molar-refractivity contribution in [2.45, 2.75) is 83.5 Å². The molecule has 0 bridgehead atoms. The molecule has 0 heterocycles. The predicted molar refractivity (Wildman–Crippen MR) is 165 cm³/mol. The van der Waals surface area contributed by atoms with Gasteiger partial charge in [0, 0.05) is 16.8 Å². The quantitative estimate of drug-likeness (QED) is 0.165. The van der Waals surface area contributed by atoms with Crippen LogP contribution in [-0.2, 0) is 5.41 Å². The number of rotatable bonds is 13. The first-order valence-corrected chi connectivity index (χ1v) is 14.9. The summed E-state index contributed by atoms with van der Waals surface area (Å²) >= 11 is 0. The molecule has 0 radical (unpaired) electrons. The van der Waals surface area contributed by atoms with Gasteiger partial charge in [-0.3, -0.25) is 0 Å². The third kappa shape index (κ3) is 5.17. The van der Waals surface area contributed by atoms with Crippen molar-refractivity contribution in [3.05, 3.63) is 114 Å². The molecule has 0 aromatic heterocycles. The Bertz CT molecular complexity index is 1240. The lowest BCUT2D eigenvalue weighted by molar-refractivity contribution is 0.401. The highest BCUT2D eigenvalue weighted by molar-refractivity contribution is 5.90. The maximum absolute atomic E-state index is 2.50. The van der Waals surface area contributed by atoms with Gasteiger partial charge in [-0.15, -0.1) is 0 Å². The molecule has 0 spiro atoms. The van der Waals surface area contributed by atoms with Gasteiger partial charge in [-0.1, -0.05) is 138 Å². The van der Waals surface area contributed by atoms with Crippen molar-refractivity contribution in [1.29, 1.82) is 0 Å². The molecular weight excluding hydrogens is 458 g/mol. The lowest BCUT2D eigenvalue weighted by Gasteiger charge is -2.37.